The normalized spacial score (nSPS) is 20.7. The number of ether oxygens (including phenoxy) is 1. The fourth-order valence-corrected chi connectivity index (χ4v) is 4.56. The van der Waals surface area contributed by atoms with Crippen molar-refractivity contribution >= 4 is 6.08 Å². The van der Waals surface area contributed by atoms with Gasteiger partial charge in [0.05, 0.1) is 0 Å². The Morgan fingerprint density at radius 1 is 0.857 bits per heavy atom. The van der Waals surface area contributed by atoms with Crippen LogP contribution in [0.2, 0.25) is 0 Å². The van der Waals surface area contributed by atoms with Crippen LogP contribution in [0, 0.1) is 24.7 Å². The summed E-state index contributed by atoms with van der Waals surface area (Å²) in [6.07, 6.45) is 16.7. The summed E-state index contributed by atoms with van der Waals surface area (Å²) in [5.74, 6) is 3.53. The predicted molar refractivity (Wildman–Crippen MR) is 124 cm³/mol. The molecule has 1 aromatic carbocycles. The summed E-state index contributed by atoms with van der Waals surface area (Å²) in [5.41, 5.74) is 2.29. The molecule has 0 spiro atoms. The van der Waals surface area contributed by atoms with E-state index in [1.165, 1.54) is 62.5 Å². The summed E-state index contributed by atoms with van der Waals surface area (Å²) >= 11 is 0. The standard InChI is InChI=1S/C27H44O/c1-21(2)12-10-15-22(3)13-8-7-9-14-23(4)20-27(6)19-18-25-17-11-16-24(5)26(25)28-27/h11,16-19,21-23H,7-10,12-15,20H2,1-6H3. The van der Waals surface area contributed by atoms with Crippen LogP contribution < -0.4 is 4.74 Å². The Morgan fingerprint density at radius 3 is 2.25 bits per heavy atom. The van der Waals surface area contributed by atoms with Crippen molar-refractivity contribution in [3.8, 4) is 5.75 Å². The summed E-state index contributed by atoms with van der Waals surface area (Å²) in [7, 11) is 0. The molecule has 0 radical (unpaired) electrons. The molecule has 0 N–H and O–H groups in total. The second-order valence-electron chi connectivity index (χ2n) is 10.1. The monoisotopic (exact) mass is 384 g/mol. The highest BCUT2D eigenvalue weighted by Gasteiger charge is 2.29. The lowest BCUT2D eigenvalue weighted by Crippen LogP contribution is -2.34. The van der Waals surface area contributed by atoms with Crippen molar-refractivity contribution in [1.29, 1.82) is 0 Å². The van der Waals surface area contributed by atoms with Crippen LogP contribution >= 0.6 is 0 Å². The molecule has 1 aliphatic rings. The first-order valence-electron chi connectivity index (χ1n) is 11.8. The minimum atomic E-state index is -0.163. The van der Waals surface area contributed by atoms with Gasteiger partial charge >= 0.3 is 0 Å². The molecule has 1 nitrogen and oxygen atoms in total. The molecule has 3 atom stereocenters. The van der Waals surface area contributed by atoms with E-state index >= 15 is 0 Å². The average molecular weight is 385 g/mol. The predicted octanol–water partition coefficient (Wildman–Crippen LogP) is 8.60. The lowest BCUT2D eigenvalue weighted by Gasteiger charge is -2.34. The minimum absolute atomic E-state index is 0.163. The third-order valence-corrected chi connectivity index (χ3v) is 6.32. The minimum Gasteiger partial charge on any atom is -0.483 e. The van der Waals surface area contributed by atoms with E-state index in [-0.39, 0.29) is 5.60 Å². The summed E-state index contributed by atoms with van der Waals surface area (Å²) in [6, 6.07) is 6.40. The summed E-state index contributed by atoms with van der Waals surface area (Å²) < 4.78 is 6.45. The van der Waals surface area contributed by atoms with Crippen molar-refractivity contribution in [3.63, 3.8) is 0 Å². The fraction of sp³-hybridized carbons (Fsp3) is 0.704. The van der Waals surface area contributed by atoms with Gasteiger partial charge in [-0.15, -0.1) is 0 Å². The van der Waals surface area contributed by atoms with Gasteiger partial charge in [-0.05, 0) is 49.7 Å². The van der Waals surface area contributed by atoms with Gasteiger partial charge in [-0.2, -0.15) is 0 Å². The summed E-state index contributed by atoms with van der Waals surface area (Å²) in [4.78, 5) is 0. The van der Waals surface area contributed by atoms with Gasteiger partial charge in [-0.1, -0.05) is 103 Å². The topological polar surface area (TPSA) is 9.23 Å². The molecule has 1 aromatic rings. The highest BCUT2D eigenvalue weighted by Crippen LogP contribution is 2.37. The van der Waals surface area contributed by atoms with Crippen molar-refractivity contribution in [3.05, 3.63) is 35.4 Å². The second kappa shape index (κ2) is 11.1. The zero-order valence-corrected chi connectivity index (χ0v) is 19.4. The maximum Gasteiger partial charge on any atom is 0.130 e. The molecule has 3 unspecified atom stereocenters. The SMILES string of the molecule is Cc1cccc2c1OC(C)(CC(C)CCCCCC(C)CCCC(C)C)C=C2. The second-order valence-corrected chi connectivity index (χ2v) is 10.1. The van der Waals surface area contributed by atoms with Gasteiger partial charge in [0.1, 0.15) is 11.4 Å². The molecule has 0 bridgehead atoms. The van der Waals surface area contributed by atoms with E-state index in [9.17, 15) is 0 Å². The molecular weight excluding hydrogens is 340 g/mol. The van der Waals surface area contributed by atoms with Gasteiger partial charge < -0.3 is 4.74 Å². The molecule has 0 amide bonds. The third kappa shape index (κ3) is 7.64. The third-order valence-electron chi connectivity index (χ3n) is 6.32. The first-order valence-corrected chi connectivity index (χ1v) is 11.8. The maximum atomic E-state index is 6.45. The number of rotatable bonds is 12. The molecule has 0 saturated heterocycles. The van der Waals surface area contributed by atoms with Crippen LogP contribution in [0.15, 0.2) is 24.3 Å². The highest BCUT2D eigenvalue weighted by molar-refractivity contribution is 5.63. The Hall–Kier alpha value is -1.24. The van der Waals surface area contributed by atoms with Gasteiger partial charge in [-0.25, -0.2) is 0 Å². The van der Waals surface area contributed by atoms with Gasteiger partial charge in [0.2, 0.25) is 0 Å². The van der Waals surface area contributed by atoms with Crippen LogP contribution in [0.1, 0.15) is 104 Å². The van der Waals surface area contributed by atoms with Crippen molar-refractivity contribution in [2.24, 2.45) is 17.8 Å². The van der Waals surface area contributed by atoms with E-state index in [1.54, 1.807) is 0 Å². The molecule has 2 rings (SSSR count). The zero-order valence-electron chi connectivity index (χ0n) is 19.4. The van der Waals surface area contributed by atoms with Crippen molar-refractivity contribution < 1.29 is 4.74 Å². The lowest BCUT2D eigenvalue weighted by molar-refractivity contribution is 0.106. The zero-order chi connectivity index (χ0) is 20.6. The van der Waals surface area contributed by atoms with E-state index in [0.29, 0.717) is 5.92 Å². The van der Waals surface area contributed by atoms with Crippen LogP contribution in [-0.2, 0) is 0 Å². The Bertz CT molecular complexity index is 615. The number of aryl methyl sites for hydroxylation is 1. The molecule has 0 aromatic heterocycles. The number of benzene rings is 1. The maximum absolute atomic E-state index is 6.45. The van der Waals surface area contributed by atoms with Crippen LogP contribution in [0.3, 0.4) is 0 Å². The van der Waals surface area contributed by atoms with Gasteiger partial charge in [0.25, 0.3) is 0 Å². The fourth-order valence-electron chi connectivity index (χ4n) is 4.56. The largest absolute Gasteiger partial charge is 0.483 e. The molecule has 1 heterocycles. The van der Waals surface area contributed by atoms with Crippen molar-refractivity contribution in [1.82, 2.24) is 0 Å². The van der Waals surface area contributed by atoms with Gasteiger partial charge in [0.15, 0.2) is 0 Å². The Morgan fingerprint density at radius 2 is 1.54 bits per heavy atom. The van der Waals surface area contributed by atoms with E-state index in [0.717, 1.165) is 24.0 Å². The molecular formula is C27H44O. The number of hydrogen-bond donors (Lipinski definition) is 0. The van der Waals surface area contributed by atoms with Crippen molar-refractivity contribution in [2.75, 3.05) is 0 Å². The van der Waals surface area contributed by atoms with E-state index in [4.69, 9.17) is 4.74 Å². The molecule has 28 heavy (non-hydrogen) atoms. The molecule has 1 aliphatic heterocycles. The highest BCUT2D eigenvalue weighted by atomic mass is 16.5. The quantitative estimate of drug-likeness (QED) is 0.328. The Kier molecular flexibility index (Phi) is 9.12. The lowest BCUT2D eigenvalue weighted by atomic mass is 9.87. The summed E-state index contributed by atoms with van der Waals surface area (Å²) in [6.45, 7) is 13.9. The average Bonchev–Trinajstić information content (AvgIpc) is 2.61. The number of fused-ring (bicyclic) bond motifs is 1. The van der Waals surface area contributed by atoms with Gasteiger partial charge in [-0.3, -0.25) is 0 Å². The van der Waals surface area contributed by atoms with E-state index in [1.807, 2.05) is 0 Å². The first kappa shape index (κ1) is 23.0. The molecule has 0 saturated carbocycles. The Balaban J connectivity index is 1.64. The number of unbranched alkanes of at least 4 members (excludes halogenated alkanes) is 2. The summed E-state index contributed by atoms with van der Waals surface area (Å²) in [5, 5.41) is 0. The number of para-hydroxylation sites is 1. The molecule has 0 aliphatic carbocycles. The molecule has 158 valence electrons. The number of hydrogen-bond acceptors (Lipinski definition) is 1. The molecule has 1 heteroatoms. The van der Waals surface area contributed by atoms with Crippen LogP contribution in [0.5, 0.6) is 5.75 Å². The van der Waals surface area contributed by atoms with Crippen molar-refractivity contribution in [2.45, 2.75) is 105 Å². The Labute approximate surface area is 175 Å². The first-order chi connectivity index (χ1) is 13.3. The van der Waals surface area contributed by atoms with Gasteiger partial charge in [0, 0.05) is 5.56 Å². The van der Waals surface area contributed by atoms with Crippen LogP contribution in [0.4, 0.5) is 0 Å². The van der Waals surface area contributed by atoms with E-state index < -0.39 is 0 Å². The van der Waals surface area contributed by atoms with Crippen LogP contribution in [0.25, 0.3) is 6.08 Å². The smallest absolute Gasteiger partial charge is 0.130 e. The van der Waals surface area contributed by atoms with E-state index in [2.05, 4.69) is 71.9 Å². The van der Waals surface area contributed by atoms with Crippen LogP contribution in [-0.4, -0.2) is 5.60 Å². The molecule has 0 fully saturated rings.